The minimum absolute atomic E-state index is 0.0243. The number of nitrogens with one attached hydrogen (secondary N) is 1. The Labute approximate surface area is 281 Å². The number of anilines is 2. The average molecular weight is 692 g/mol. The van der Waals surface area contributed by atoms with Crippen LogP contribution in [0.1, 0.15) is 39.2 Å². The highest BCUT2D eigenvalue weighted by Gasteiger charge is 2.28. The molecule has 0 atom stereocenters. The van der Waals surface area contributed by atoms with Crippen molar-refractivity contribution in [3.8, 4) is 23.3 Å². The number of carbonyl (C=O) groups excluding carboxylic acids is 1. The topological polar surface area (TPSA) is 176 Å². The van der Waals surface area contributed by atoms with Gasteiger partial charge in [-0.1, -0.05) is 0 Å². The van der Waals surface area contributed by atoms with Gasteiger partial charge in [0.15, 0.2) is 11.6 Å². The summed E-state index contributed by atoms with van der Waals surface area (Å²) in [6.45, 7) is 8.02. The van der Waals surface area contributed by atoms with Gasteiger partial charge in [-0.2, -0.15) is 18.0 Å². The van der Waals surface area contributed by atoms with Crippen LogP contribution in [0.4, 0.5) is 20.8 Å². The molecule has 6 rings (SSSR count). The van der Waals surface area contributed by atoms with Crippen LogP contribution in [0.2, 0.25) is 0 Å². The lowest BCUT2D eigenvalue weighted by atomic mass is 10.1. The quantitative estimate of drug-likeness (QED) is 0.298. The zero-order valence-corrected chi connectivity index (χ0v) is 27.9. The molecule has 1 amide bonds. The molecule has 2 aliphatic rings. The van der Waals surface area contributed by atoms with Gasteiger partial charge >= 0.3 is 16.3 Å². The van der Waals surface area contributed by atoms with Gasteiger partial charge in [-0.25, -0.2) is 24.1 Å². The summed E-state index contributed by atoms with van der Waals surface area (Å²) in [6.07, 6.45) is 5.38. The van der Waals surface area contributed by atoms with Crippen molar-refractivity contribution in [1.29, 1.82) is 5.26 Å². The molecule has 2 aliphatic heterocycles. The Kier molecular flexibility index (Phi) is 9.10. The lowest BCUT2D eigenvalue weighted by Gasteiger charge is -2.35. The minimum atomic E-state index is -3.96. The average Bonchev–Trinajstić information content (AvgIpc) is 3.63. The van der Waals surface area contributed by atoms with E-state index in [9.17, 15) is 23.3 Å². The van der Waals surface area contributed by atoms with E-state index < -0.39 is 32.9 Å². The van der Waals surface area contributed by atoms with Gasteiger partial charge in [0.25, 0.3) is 5.56 Å². The molecule has 1 N–H and O–H groups in total. The van der Waals surface area contributed by atoms with Gasteiger partial charge in [0, 0.05) is 39.3 Å². The SMILES string of the molecule is CC(C)(C)OC(=O)N1CCN(c2ncc(-n3cnc4ccc(Oc5c(F)ccc(NS(=O)(=O)N6CCCC6)c5C#N)cc4c3=O)cn2)CC1. The molecular formula is C32H34FN9O6S. The molecule has 2 fully saturated rings. The van der Waals surface area contributed by atoms with Crippen molar-refractivity contribution < 1.29 is 27.1 Å². The first-order chi connectivity index (χ1) is 23.3. The monoisotopic (exact) mass is 691 g/mol. The van der Waals surface area contributed by atoms with E-state index in [0.717, 1.165) is 25.0 Å². The van der Waals surface area contributed by atoms with E-state index in [1.165, 1.54) is 45.8 Å². The number of ether oxygens (including phenoxy) is 2. The summed E-state index contributed by atoms with van der Waals surface area (Å²) < 4.78 is 56.8. The maximum atomic E-state index is 15.0. The molecule has 0 aliphatic carbocycles. The van der Waals surface area contributed by atoms with Crippen LogP contribution in [0.15, 0.2) is 53.8 Å². The molecule has 0 radical (unpaired) electrons. The molecule has 2 aromatic heterocycles. The van der Waals surface area contributed by atoms with Crippen LogP contribution in [0.5, 0.6) is 11.5 Å². The summed E-state index contributed by atoms with van der Waals surface area (Å²) in [6, 6.07) is 8.33. The standard InChI is InChI=1S/C32H34FN9O6S/c1-32(2,3)48-31(44)40-14-12-39(13-15-40)30-35-18-21(19-36-30)42-20-37-26-8-6-22(16-23(26)29(42)43)47-28-24(17-34)27(9-7-25(28)33)38-49(45,46)41-10-4-5-11-41/h6-9,16,18-20,38H,4-5,10-15H2,1-3H3. The third kappa shape index (κ3) is 7.25. The van der Waals surface area contributed by atoms with E-state index >= 15 is 4.39 Å². The summed E-state index contributed by atoms with van der Waals surface area (Å²) >= 11 is 0. The first kappa shape index (κ1) is 33.6. The molecular weight excluding hydrogens is 657 g/mol. The van der Waals surface area contributed by atoms with Crippen LogP contribution in [0.3, 0.4) is 0 Å². The van der Waals surface area contributed by atoms with Gasteiger partial charge in [-0.05, 0) is 63.9 Å². The zero-order valence-electron chi connectivity index (χ0n) is 27.1. The normalized spacial score (nSPS) is 15.7. The molecule has 0 bridgehead atoms. The van der Waals surface area contributed by atoms with Crippen molar-refractivity contribution in [2.45, 2.75) is 39.2 Å². The summed E-state index contributed by atoms with van der Waals surface area (Å²) in [7, 11) is -3.96. The van der Waals surface area contributed by atoms with E-state index in [2.05, 4.69) is 19.7 Å². The Morgan fingerprint density at radius 2 is 1.69 bits per heavy atom. The molecule has 4 heterocycles. The fraction of sp³-hybridized carbons (Fsp3) is 0.375. The summed E-state index contributed by atoms with van der Waals surface area (Å²) in [5, 5.41) is 10.0. The predicted octanol–water partition coefficient (Wildman–Crippen LogP) is 3.79. The summed E-state index contributed by atoms with van der Waals surface area (Å²) in [5.41, 5.74) is -0.871. The largest absolute Gasteiger partial charge is 0.453 e. The maximum absolute atomic E-state index is 15.0. The maximum Gasteiger partial charge on any atom is 0.410 e. The number of carbonyl (C=O) groups is 1. The third-order valence-corrected chi connectivity index (χ3v) is 9.45. The number of hydrogen-bond donors (Lipinski definition) is 1. The number of nitriles is 1. The Balaban J connectivity index is 1.21. The molecule has 0 unspecified atom stereocenters. The van der Waals surface area contributed by atoms with Crippen molar-refractivity contribution in [3.63, 3.8) is 0 Å². The first-order valence-corrected chi connectivity index (χ1v) is 17.0. The lowest BCUT2D eigenvalue weighted by molar-refractivity contribution is 0.0240. The van der Waals surface area contributed by atoms with Gasteiger partial charge < -0.3 is 19.3 Å². The van der Waals surface area contributed by atoms with Crippen LogP contribution in [0, 0.1) is 17.1 Å². The summed E-state index contributed by atoms with van der Waals surface area (Å²) in [4.78, 5) is 42.8. The highest BCUT2D eigenvalue weighted by Crippen LogP contribution is 2.34. The molecule has 256 valence electrons. The van der Waals surface area contributed by atoms with E-state index in [0.29, 0.717) is 56.4 Å². The zero-order chi connectivity index (χ0) is 34.9. The fourth-order valence-corrected chi connectivity index (χ4v) is 6.79. The molecule has 2 aromatic carbocycles. The van der Waals surface area contributed by atoms with Gasteiger partial charge in [0.1, 0.15) is 29.3 Å². The first-order valence-electron chi connectivity index (χ1n) is 15.6. The number of hydrogen-bond acceptors (Lipinski definition) is 11. The Hall–Kier alpha value is -5.34. The Morgan fingerprint density at radius 1 is 1.00 bits per heavy atom. The smallest absolute Gasteiger partial charge is 0.410 e. The van der Waals surface area contributed by atoms with Gasteiger partial charge in [0.05, 0.1) is 34.7 Å². The van der Waals surface area contributed by atoms with Crippen molar-refractivity contribution in [1.82, 2.24) is 28.7 Å². The van der Waals surface area contributed by atoms with Gasteiger partial charge in [0.2, 0.25) is 5.95 Å². The van der Waals surface area contributed by atoms with Crippen molar-refractivity contribution in [3.05, 3.63) is 70.8 Å². The Morgan fingerprint density at radius 3 is 2.35 bits per heavy atom. The van der Waals surface area contributed by atoms with Crippen LogP contribution in [-0.4, -0.2) is 88.1 Å². The number of benzene rings is 2. The number of piperazine rings is 1. The van der Waals surface area contributed by atoms with E-state index in [4.69, 9.17) is 9.47 Å². The summed E-state index contributed by atoms with van der Waals surface area (Å²) in [5.74, 6) is -0.932. The lowest BCUT2D eigenvalue weighted by Crippen LogP contribution is -2.50. The van der Waals surface area contributed by atoms with Crippen LogP contribution >= 0.6 is 0 Å². The third-order valence-electron chi connectivity index (χ3n) is 7.93. The molecule has 49 heavy (non-hydrogen) atoms. The van der Waals surface area contributed by atoms with Gasteiger partial charge in [-0.3, -0.25) is 14.1 Å². The van der Waals surface area contributed by atoms with E-state index in [-0.39, 0.29) is 28.5 Å². The molecule has 15 nitrogen and oxygen atoms in total. The number of nitrogens with zero attached hydrogens (tertiary/aromatic N) is 8. The van der Waals surface area contributed by atoms with Gasteiger partial charge in [-0.15, -0.1) is 0 Å². The predicted molar refractivity (Wildman–Crippen MR) is 177 cm³/mol. The highest BCUT2D eigenvalue weighted by molar-refractivity contribution is 7.90. The van der Waals surface area contributed by atoms with Crippen molar-refractivity contribution in [2.24, 2.45) is 0 Å². The molecule has 0 saturated carbocycles. The number of aromatic nitrogens is 4. The van der Waals surface area contributed by atoms with Crippen molar-refractivity contribution in [2.75, 3.05) is 48.9 Å². The Bertz CT molecular complexity index is 2100. The molecule has 17 heteroatoms. The van der Waals surface area contributed by atoms with Crippen LogP contribution in [-0.2, 0) is 14.9 Å². The van der Waals surface area contributed by atoms with Crippen LogP contribution < -0.4 is 19.9 Å². The molecule has 0 spiro atoms. The van der Waals surface area contributed by atoms with E-state index in [1.807, 2.05) is 31.7 Å². The highest BCUT2D eigenvalue weighted by atomic mass is 32.2. The fourth-order valence-electron chi connectivity index (χ4n) is 5.47. The van der Waals surface area contributed by atoms with Crippen LogP contribution in [0.25, 0.3) is 16.6 Å². The van der Waals surface area contributed by atoms with Crippen molar-refractivity contribution >= 4 is 38.8 Å². The number of fused-ring (bicyclic) bond motifs is 1. The molecule has 4 aromatic rings. The second-order valence-electron chi connectivity index (χ2n) is 12.5. The second kappa shape index (κ2) is 13.3. The number of amides is 1. The van der Waals surface area contributed by atoms with E-state index in [1.54, 1.807) is 4.90 Å². The minimum Gasteiger partial charge on any atom is -0.453 e. The number of rotatable bonds is 7. The number of halogens is 1. The second-order valence-corrected chi connectivity index (χ2v) is 14.2. The molecule has 2 saturated heterocycles.